The Bertz CT molecular complexity index is 453. The Morgan fingerprint density at radius 1 is 1.31 bits per heavy atom. The Morgan fingerprint density at radius 2 is 2.06 bits per heavy atom. The number of hydrogen-bond donors (Lipinski definition) is 3. The number of H-pyrrole nitrogens is 1. The van der Waals surface area contributed by atoms with Crippen molar-refractivity contribution in [2.45, 2.75) is 0 Å². The van der Waals surface area contributed by atoms with E-state index in [-0.39, 0.29) is 5.11 Å². The molecule has 0 aliphatic heterocycles. The fraction of sp³-hybridized carbons (Fsp3) is 0. The van der Waals surface area contributed by atoms with Crippen molar-refractivity contribution in [3.05, 3.63) is 42.6 Å². The van der Waals surface area contributed by atoms with Crippen molar-refractivity contribution in [2.24, 2.45) is 5.73 Å². The summed E-state index contributed by atoms with van der Waals surface area (Å²) in [5.74, 6) is 0.763. The Labute approximate surface area is 98.2 Å². The van der Waals surface area contributed by atoms with Gasteiger partial charge >= 0.3 is 0 Å². The molecule has 0 bridgehead atoms. The van der Waals surface area contributed by atoms with E-state index in [4.69, 9.17) is 18.0 Å². The number of thiocarbonyl (C=S) groups is 1. The third kappa shape index (κ3) is 2.29. The van der Waals surface area contributed by atoms with Crippen LogP contribution in [0.1, 0.15) is 0 Å². The Morgan fingerprint density at radius 3 is 2.62 bits per heavy atom. The molecule has 5 nitrogen and oxygen atoms in total. The zero-order valence-corrected chi connectivity index (χ0v) is 9.24. The smallest absolute Gasteiger partial charge is 0.183 e. The molecule has 0 radical (unpaired) electrons. The van der Waals surface area contributed by atoms with Gasteiger partial charge < -0.3 is 5.73 Å². The number of aromatic amines is 1. The van der Waals surface area contributed by atoms with Crippen molar-refractivity contribution >= 4 is 28.8 Å². The lowest BCUT2D eigenvalue weighted by Gasteiger charge is -2.23. The number of nitrogens with two attached hydrogens (primary N) is 1. The summed E-state index contributed by atoms with van der Waals surface area (Å²) in [6.07, 6.45) is 1.66. The second kappa shape index (κ2) is 4.63. The fourth-order valence-electron chi connectivity index (χ4n) is 1.32. The molecule has 0 amide bonds. The van der Waals surface area contributed by atoms with Crippen LogP contribution in [0.15, 0.2) is 42.6 Å². The van der Waals surface area contributed by atoms with E-state index in [1.807, 2.05) is 36.4 Å². The molecule has 1 heterocycles. The van der Waals surface area contributed by atoms with E-state index in [9.17, 15) is 0 Å². The van der Waals surface area contributed by atoms with Crippen molar-refractivity contribution in [3.8, 4) is 0 Å². The predicted octanol–water partition coefficient (Wildman–Crippen LogP) is 1.30. The van der Waals surface area contributed by atoms with Crippen LogP contribution in [0.25, 0.3) is 0 Å². The van der Waals surface area contributed by atoms with Crippen LogP contribution >= 0.6 is 12.2 Å². The number of nitrogens with zero attached hydrogens (tertiary/aromatic N) is 2. The van der Waals surface area contributed by atoms with Crippen LogP contribution < -0.4 is 16.2 Å². The van der Waals surface area contributed by atoms with Crippen molar-refractivity contribution in [1.82, 2.24) is 15.6 Å². The fourth-order valence-corrected chi connectivity index (χ4v) is 1.42. The highest BCUT2D eigenvalue weighted by atomic mass is 32.1. The first-order chi connectivity index (χ1) is 7.77. The molecule has 4 N–H and O–H groups in total. The molecule has 2 rings (SSSR count). The lowest BCUT2D eigenvalue weighted by atomic mass is 10.3. The zero-order valence-electron chi connectivity index (χ0n) is 8.42. The Balaban J connectivity index is 2.32. The molecule has 2 aromatic rings. The summed E-state index contributed by atoms with van der Waals surface area (Å²) >= 11 is 4.84. The molecule has 0 aliphatic rings. The molecular weight excluding hydrogens is 222 g/mol. The highest BCUT2D eigenvalue weighted by Crippen LogP contribution is 2.19. The molecule has 0 unspecified atom stereocenters. The van der Waals surface area contributed by atoms with Crippen LogP contribution in [-0.4, -0.2) is 15.3 Å². The summed E-state index contributed by atoms with van der Waals surface area (Å²) < 4.78 is 0. The monoisotopic (exact) mass is 233 g/mol. The highest BCUT2D eigenvalue weighted by molar-refractivity contribution is 7.80. The van der Waals surface area contributed by atoms with Gasteiger partial charge in [0, 0.05) is 6.07 Å². The summed E-state index contributed by atoms with van der Waals surface area (Å²) in [5.41, 5.74) is 9.27. The molecule has 16 heavy (non-hydrogen) atoms. The van der Waals surface area contributed by atoms with Crippen molar-refractivity contribution in [2.75, 3.05) is 5.01 Å². The lowest BCUT2D eigenvalue weighted by Crippen LogP contribution is -2.42. The van der Waals surface area contributed by atoms with Crippen LogP contribution in [0.3, 0.4) is 0 Å². The molecule has 0 spiro atoms. The number of hydrazine groups is 1. The van der Waals surface area contributed by atoms with Crippen LogP contribution in [0.5, 0.6) is 0 Å². The maximum atomic E-state index is 5.48. The number of nitrogens with one attached hydrogen (secondary N) is 2. The summed E-state index contributed by atoms with van der Waals surface area (Å²) in [6, 6.07) is 11.5. The number of para-hydroxylation sites is 1. The SMILES string of the molecule is NC(=S)NN(c1ccccc1)c1ccn[nH]1. The lowest BCUT2D eigenvalue weighted by molar-refractivity contribution is 0.899. The maximum Gasteiger partial charge on any atom is 0.183 e. The molecule has 0 fully saturated rings. The van der Waals surface area contributed by atoms with E-state index in [2.05, 4.69) is 15.6 Å². The van der Waals surface area contributed by atoms with E-state index in [1.165, 1.54) is 0 Å². The third-order valence-corrected chi connectivity index (χ3v) is 2.05. The van der Waals surface area contributed by atoms with Crippen molar-refractivity contribution in [1.29, 1.82) is 0 Å². The van der Waals surface area contributed by atoms with Gasteiger partial charge in [-0.15, -0.1) is 0 Å². The van der Waals surface area contributed by atoms with Crippen LogP contribution in [0, 0.1) is 0 Å². The molecule has 1 aromatic carbocycles. The average Bonchev–Trinajstić information content (AvgIpc) is 2.80. The molecule has 0 saturated heterocycles. The normalized spacial score (nSPS) is 9.75. The summed E-state index contributed by atoms with van der Waals surface area (Å²) in [7, 11) is 0. The summed E-state index contributed by atoms with van der Waals surface area (Å²) in [4.78, 5) is 0. The van der Waals surface area contributed by atoms with Gasteiger partial charge in [-0.2, -0.15) is 5.10 Å². The topological polar surface area (TPSA) is 70.0 Å². The van der Waals surface area contributed by atoms with E-state index < -0.39 is 0 Å². The second-order valence-corrected chi connectivity index (χ2v) is 3.53. The number of benzene rings is 1. The second-order valence-electron chi connectivity index (χ2n) is 3.09. The average molecular weight is 233 g/mol. The third-order valence-electron chi connectivity index (χ3n) is 1.96. The van der Waals surface area contributed by atoms with E-state index in [0.29, 0.717) is 0 Å². The number of anilines is 2. The van der Waals surface area contributed by atoms with Gasteiger partial charge in [0.2, 0.25) is 0 Å². The van der Waals surface area contributed by atoms with Crippen molar-refractivity contribution < 1.29 is 0 Å². The Kier molecular flexibility index (Phi) is 3.02. The minimum atomic E-state index is 0.193. The summed E-state index contributed by atoms with van der Waals surface area (Å²) in [5, 5.41) is 8.65. The molecule has 0 aliphatic carbocycles. The van der Waals surface area contributed by atoms with Crippen LogP contribution in [-0.2, 0) is 0 Å². The van der Waals surface area contributed by atoms with Gasteiger partial charge in [0.05, 0.1) is 11.9 Å². The molecular formula is C10H11N5S. The molecule has 0 saturated carbocycles. The van der Waals surface area contributed by atoms with Crippen molar-refractivity contribution in [3.63, 3.8) is 0 Å². The van der Waals surface area contributed by atoms with E-state index in [0.717, 1.165) is 11.5 Å². The van der Waals surface area contributed by atoms with E-state index in [1.54, 1.807) is 11.2 Å². The number of aromatic nitrogens is 2. The molecule has 6 heteroatoms. The highest BCUT2D eigenvalue weighted by Gasteiger charge is 2.09. The van der Waals surface area contributed by atoms with Crippen LogP contribution in [0.4, 0.5) is 11.5 Å². The minimum Gasteiger partial charge on any atom is -0.375 e. The first-order valence-corrected chi connectivity index (χ1v) is 5.09. The first kappa shape index (κ1) is 10.4. The van der Waals surface area contributed by atoms with Gasteiger partial charge in [0.25, 0.3) is 0 Å². The predicted molar refractivity (Wildman–Crippen MR) is 67.1 cm³/mol. The largest absolute Gasteiger partial charge is 0.375 e. The van der Waals surface area contributed by atoms with Gasteiger partial charge in [0.15, 0.2) is 5.11 Å². The van der Waals surface area contributed by atoms with Gasteiger partial charge in [0.1, 0.15) is 5.82 Å². The van der Waals surface area contributed by atoms with Gasteiger partial charge in [-0.1, -0.05) is 18.2 Å². The quantitative estimate of drug-likeness (QED) is 0.550. The maximum absolute atomic E-state index is 5.48. The number of rotatable bonds is 3. The van der Waals surface area contributed by atoms with Crippen LogP contribution in [0.2, 0.25) is 0 Å². The zero-order chi connectivity index (χ0) is 11.4. The minimum absolute atomic E-state index is 0.193. The number of hydrogen-bond acceptors (Lipinski definition) is 3. The van der Waals surface area contributed by atoms with Gasteiger partial charge in [-0.25, -0.2) is 5.01 Å². The van der Waals surface area contributed by atoms with E-state index >= 15 is 0 Å². The Hall–Kier alpha value is -2.08. The molecule has 1 aromatic heterocycles. The standard InChI is InChI=1S/C10H11N5S/c11-10(16)14-15(9-6-7-12-13-9)8-4-2-1-3-5-8/h1-7H,(H,12,13)(H3,11,14,16). The first-order valence-electron chi connectivity index (χ1n) is 4.68. The van der Waals surface area contributed by atoms with Gasteiger partial charge in [-0.05, 0) is 24.4 Å². The summed E-state index contributed by atoms with van der Waals surface area (Å²) in [6.45, 7) is 0. The molecule has 82 valence electrons. The molecule has 0 atom stereocenters. The van der Waals surface area contributed by atoms with Gasteiger partial charge in [-0.3, -0.25) is 10.5 Å².